The summed E-state index contributed by atoms with van der Waals surface area (Å²) in [6.07, 6.45) is 0. The van der Waals surface area contributed by atoms with E-state index in [0.717, 1.165) is 15.2 Å². The summed E-state index contributed by atoms with van der Waals surface area (Å²) in [4.78, 5) is 0. The topological polar surface area (TPSA) is 0 Å². The van der Waals surface area contributed by atoms with Crippen LogP contribution < -0.4 is 0 Å². The second-order valence-corrected chi connectivity index (χ2v) is 4.61. The Hall–Kier alpha value is 1.27. The molecule has 43 valence electrons. The van der Waals surface area contributed by atoms with Gasteiger partial charge in [0, 0.05) is 0 Å². The Bertz CT molecular complexity index is 45.3. The Morgan fingerprint density at radius 1 is 1.57 bits per heavy atom. The summed E-state index contributed by atoms with van der Waals surface area (Å²) in [5.41, 5.74) is 0. The van der Waals surface area contributed by atoms with Crippen LogP contribution >= 0.6 is 15.9 Å². The summed E-state index contributed by atoms with van der Waals surface area (Å²) in [5, 5.41) is 1.13. The van der Waals surface area contributed by atoms with Crippen molar-refractivity contribution >= 4 is 38.2 Å². The van der Waals surface area contributed by atoms with E-state index < -0.39 is 0 Å². The number of hydrogen-bond donors (Lipinski definition) is 0. The van der Waals surface area contributed by atoms with Crippen molar-refractivity contribution in [3.63, 3.8) is 0 Å². The van der Waals surface area contributed by atoms with Crippen LogP contribution in [0.5, 0.6) is 0 Å². The molecule has 0 amide bonds. The molecule has 0 aliphatic carbocycles. The summed E-state index contributed by atoms with van der Waals surface area (Å²) in [7, 11) is 0. The maximum absolute atomic E-state index is 3.42. The fraction of sp³-hybridized carbons (Fsp3) is 1.00. The van der Waals surface area contributed by atoms with Crippen LogP contribution in [0.25, 0.3) is 0 Å². The summed E-state index contributed by atoms with van der Waals surface area (Å²) < 4.78 is 0.829. The average Bonchev–Trinajstić information content (AvgIpc) is 1.65. The molecule has 0 spiro atoms. The summed E-state index contributed by atoms with van der Waals surface area (Å²) in [5.74, 6) is 0.824. The Morgan fingerprint density at radius 3 is 2.00 bits per heavy atom. The van der Waals surface area contributed by atoms with E-state index in [1.54, 1.807) is 0 Å². The van der Waals surface area contributed by atoms with Gasteiger partial charge in [0.1, 0.15) is 0 Å². The van der Waals surface area contributed by atoms with Crippen molar-refractivity contribution in [1.29, 1.82) is 0 Å². The second-order valence-electron chi connectivity index (χ2n) is 1.84. The zero-order valence-electron chi connectivity index (χ0n) is 4.65. The van der Waals surface area contributed by atoms with Crippen molar-refractivity contribution in [2.24, 2.45) is 5.92 Å². The van der Waals surface area contributed by atoms with Crippen molar-refractivity contribution in [2.75, 3.05) is 5.33 Å². The first-order chi connectivity index (χ1) is 3.18. The van der Waals surface area contributed by atoms with Gasteiger partial charge in [0.05, 0.1) is 0 Å². The molecule has 0 bridgehead atoms. The summed E-state index contributed by atoms with van der Waals surface area (Å²) in [6, 6.07) is 0. The minimum absolute atomic E-state index is 0.824. The third kappa shape index (κ3) is 3.82. The van der Waals surface area contributed by atoms with Crippen molar-refractivity contribution in [1.82, 2.24) is 0 Å². The quantitative estimate of drug-likeness (QED) is 0.535. The molecular weight excluding hydrogens is 268 g/mol. The Balaban J connectivity index is 3.14. The van der Waals surface area contributed by atoms with Crippen LogP contribution in [-0.4, -0.2) is 27.6 Å². The van der Waals surface area contributed by atoms with Gasteiger partial charge in [-0.3, -0.25) is 0 Å². The van der Waals surface area contributed by atoms with Gasteiger partial charge in [-0.15, -0.1) is 0 Å². The molecule has 0 aliphatic rings. The van der Waals surface area contributed by atoms with Crippen molar-refractivity contribution in [3.05, 3.63) is 0 Å². The van der Waals surface area contributed by atoms with Gasteiger partial charge in [-0.25, -0.2) is 0 Å². The molecule has 2 heteroatoms. The van der Waals surface area contributed by atoms with E-state index in [-0.39, 0.29) is 0 Å². The van der Waals surface area contributed by atoms with Gasteiger partial charge in [0.15, 0.2) is 0 Å². The zero-order valence-corrected chi connectivity index (χ0v) is 8.56. The van der Waals surface area contributed by atoms with Gasteiger partial charge in [-0.1, -0.05) is 0 Å². The van der Waals surface area contributed by atoms with E-state index >= 15 is 0 Å². The van der Waals surface area contributed by atoms with Crippen LogP contribution in [0, 0.1) is 5.92 Å². The molecule has 2 atom stereocenters. The predicted octanol–water partition coefficient (Wildman–Crippen LogP) is 1.99. The summed E-state index contributed by atoms with van der Waals surface area (Å²) >= 11 is 5.59. The molecule has 0 heterocycles. The monoisotopic (exact) mass is 279 g/mol. The van der Waals surface area contributed by atoms with Crippen LogP contribution in [0.3, 0.4) is 0 Å². The molecule has 0 saturated carbocycles. The minimum atomic E-state index is 0.824. The average molecular weight is 278 g/mol. The van der Waals surface area contributed by atoms with E-state index in [1.165, 1.54) is 0 Å². The third-order valence-corrected chi connectivity index (χ3v) is 3.39. The van der Waals surface area contributed by atoms with E-state index in [2.05, 4.69) is 52.1 Å². The Kier molecular flexibility index (Phi) is 4.94. The molecule has 0 fully saturated rings. The Labute approximate surface area is 67.1 Å². The Morgan fingerprint density at radius 2 is 2.00 bits per heavy atom. The summed E-state index contributed by atoms with van der Waals surface area (Å²) in [6.45, 7) is 4.50. The fourth-order valence-electron chi connectivity index (χ4n) is 0.125. The molecule has 0 rings (SSSR count). The first-order valence-electron chi connectivity index (χ1n) is 2.40. The molecule has 0 N–H and O–H groups in total. The SMILES string of the molecule is CC([Te])C(C)CBr. The van der Waals surface area contributed by atoms with Crippen molar-refractivity contribution in [3.8, 4) is 0 Å². The number of halogens is 1. The first-order valence-corrected chi connectivity index (χ1v) is 4.87. The number of rotatable bonds is 2. The van der Waals surface area contributed by atoms with Gasteiger partial charge >= 0.3 is 67.3 Å². The predicted molar refractivity (Wildman–Crippen MR) is 38.1 cm³/mol. The van der Waals surface area contributed by atoms with Crippen molar-refractivity contribution in [2.45, 2.75) is 17.8 Å². The van der Waals surface area contributed by atoms with Crippen LogP contribution in [0.15, 0.2) is 0 Å². The van der Waals surface area contributed by atoms with Crippen molar-refractivity contribution < 1.29 is 0 Å². The third-order valence-electron chi connectivity index (χ3n) is 1.04. The first kappa shape index (κ1) is 8.27. The molecule has 0 aromatic rings. The van der Waals surface area contributed by atoms with Gasteiger partial charge in [-0.2, -0.15) is 0 Å². The van der Waals surface area contributed by atoms with E-state index in [1.807, 2.05) is 0 Å². The van der Waals surface area contributed by atoms with Gasteiger partial charge in [0.25, 0.3) is 0 Å². The molecule has 0 aliphatic heterocycles. The number of hydrogen-bond acceptors (Lipinski definition) is 0. The second kappa shape index (κ2) is 4.18. The molecule has 1 radical (unpaired) electrons. The van der Waals surface area contributed by atoms with Crippen LogP contribution in [0.2, 0.25) is 3.97 Å². The van der Waals surface area contributed by atoms with E-state index in [4.69, 9.17) is 0 Å². The number of alkyl halides is 1. The standard InChI is InChI=1S/C5H10BrTe/c1-4(3-6)5(2)7/h4-5H,3H2,1-2H3. The van der Waals surface area contributed by atoms with Crippen LogP contribution in [0.4, 0.5) is 0 Å². The molecular formula is C5H10BrTe. The molecule has 0 nitrogen and oxygen atoms in total. The molecule has 7 heavy (non-hydrogen) atoms. The van der Waals surface area contributed by atoms with E-state index in [0.29, 0.717) is 0 Å². The van der Waals surface area contributed by atoms with Gasteiger partial charge in [-0.05, 0) is 0 Å². The van der Waals surface area contributed by atoms with Crippen LogP contribution in [0.1, 0.15) is 13.8 Å². The zero-order chi connectivity index (χ0) is 5.86. The molecule has 0 saturated heterocycles. The normalized spacial score (nSPS) is 18.9. The van der Waals surface area contributed by atoms with Gasteiger partial charge in [0.2, 0.25) is 0 Å². The van der Waals surface area contributed by atoms with Gasteiger partial charge < -0.3 is 0 Å². The van der Waals surface area contributed by atoms with Crippen LogP contribution in [-0.2, 0) is 0 Å². The molecule has 0 aromatic carbocycles. The molecule has 0 aromatic heterocycles. The molecule has 2 unspecified atom stereocenters. The maximum atomic E-state index is 3.42. The fourth-order valence-corrected chi connectivity index (χ4v) is 1.73. The van der Waals surface area contributed by atoms with E-state index in [9.17, 15) is 0 Å².